The van der Waals surface area contributed by atoms with Crippen LogP contribution in [0.15, 0.2) is 45.9 Å². The number of hydrogen-bond donors (Lipinski definition) is 0. The molecule has 0 radical (unpaired) electrons. The summed E-state index contributed by atoms with van der Waals surface area (Å²) in [4.78, 5) is 19.1. The maximum absolute atomic E-state index is 12.7. The molecule has 2 aliphatic rings. The molecule has 2 atom stereocenters. The first kappa shape index (κ1) is 21.9. The molecule has 2 saturated heterocycles. The summed E-state index contributed by atoms with van der Waals surface area (Å²) in [7, 11) is -3.11. The summed E-state index contributed by atoms with van der Waals surface area (Å²) in [5.74, 6) is -0.0814. The van der Waals surface area contributed by atoms with Gasteiger partial charge in [-0.3, -0.25) is 4.79 Å². The van der Waals surface area contributed by atoms with Gasteiger partial charge in [-0.25, -0.2) is 8.42 Å². The summed E-state index contributed by atoms with van der Waals surface area (Å²) >= 11 is 10.8. The van der Waals surface area contributed by atoms with E-state index in [1.165, 1.54) is 11.8 Å². The van der Waals surface area contributed by atoms with Gasteiger partial charge >= 0.3 is 0 Å². The fourth-order valence-corrected chi connectivity index (χ4v) is 8.76. The molecular weight excluding hydrogens is 508 g/mol. The Bertz CT molecular complexity index is 1130. The Labute approximate surface area is 193 Å². The number of halogens is 2. The molecule has 2 aromatic carbocycles. The quantitative estimate of drug-likeness (QED) is 0.585. The van der Waals surface area contributed by atoms with Crippen molar-refractivity contribution in [1.82, 2.24) is 0 Å². The van der Waals surface area contributed by atoms with E-state index >= 15 is 0 Å². The molecule has 2 aliphatic heterocycles. The van der Waals surface area contributed by atoms with Crippen molar-refractivity contribution in [2.45, 2.75) is 31.6 Å². The average Bonchev–Trinajstić information content (AvgIpc) is 3.08. The molecule has 0 aliphatic carbocycles. The standard InChI is InChI=1S/C21H20BrClN2O3S2/c1-12-7-15(22)8-13(2)20(12)25-17-10-30(27,28)11-18(17)29-21(25)24-19(26)9-14-3-5-16(23)6-4-14/h3-8,17-18H,9-11H2,1-2H3. The summed E-state index contributed by atoms with van der Waals surface area (Å²) < 4.78 is 25.5. The van der Waals surface area contributed by atoms with Crippen LogP contribution in [-0.4, -0.2) is 42.3 Å². The fraction of sp³-hybridized carbons (Fsp3) is 0.333. The molecule has 0 N–H and O–H groups in total. The first-order valence-corrected chi connectivity index (χ1v) is 13.3. The van der Waals surface area contributed by atoms with Crippen molar-refractivity contribution in [2.24, 2.45) is 4.99 Å². The number of hydrogen-bond acceptors (Lipinski definition) is 4. The molecule has 0 spiro atoms. The SMILES string of the molecule is Cc1cc(Br)cc(C)c1N1C(=NC(=O)Cc2ccc(Cl)cc2)SC2CS(=O)(=O)CC21. The molecule has 2 aromatic rings. The lowest BCUT2D eigenvalue weighted by molar-refractivity contribution is -0.117. The first-order valence-electron chi connectivity index (χ1n) is 9.42. The second-order valence-electron chi connectivity index (χ2n) is 7.65. The summed E-state index contributed by atoms with van der Waals surface area (Å²) in [6.07, 6.45) is 0.168. The molecule has 2 heterocycles. The van der Waals surface area contributed by atoms with Crippen molar-refractivity contribution >= 4 is 65.9 Å². The highest BCUT2D eigenvalue weighted by Gasteiger charge is 2.50. The van der Waals surface area contributed by atoms with Crippen LogP contribution in [0.3, 0.4) is 0 Å². The van der Waals surface area contributed by atoms with E-state index < -0.39 is 9.84 Å². The lowest BCUT2D eigenvalue weighted by atomic mass is 10.1. The number of aliphatic imine (C=N–C) groups is 1. The van der Waals surface area contributed by atoms with Crippen LogP contribution in [-0.2, 0) is 21.1 Å². The minimum atomic E-state index is -3.11. The van der Waals surface area contributed by atoms with E-state index in [9.17, 15) is 13.2 Å². The van der Waals surface area contributed by atoms with E-state index in [1.54, 1.807) is 12.1 Å². The van der Waals surface area contributed by atoms with Crippen molar-refractivity contribution in [3.05, 3.63) is 62.6 Å². The van der Waals surface area contributed by atoms with Crippen LogP contribution in [0.25, 0.3) is 0 Å². The average molecular weight is 528 g/mol. The monoisotopic (exact) mass is 526 g/mol. The highest BCUT2D eigenvalue weighted by atomic mass is 79.9. The van der Waals surface area contributed by atoms with Gasteiger partial charge in [-0.05, 0) is 54.8 Å². The minimum Gasteiger partial charge on any atom is -0.315 e. The van der Waals surface area contributed by atoms with E-state index in [2.05, 4.69) is 20.9 Å². The van der Waals surface area contributed by atoms with Crippen LogP contribution in [0.5, 0.6) is 0 Å². The third-order valence-electron chi connectivity index (χ3n) is 5.25. The number of anilines is 1. The molecule has 0 aromatic heterocycles. The lowest BCUT2D eigenvalue weighted by Gasteiger charge is -2.28. The van der Waals surface area contributed by atoms with E-state index in [0.29, 0.717) is 10.2 Å². The van der Waals surface area contributed by atoms with Gasteiger partial charge in [-0.2, -0.15) is 4.99 Å². The van der Waals surface area contributed by atoms with E-state index in [4.69, 9.17) is 11.6 Å². The minimum absolute atomic E-state index is 0.0734. The maximum atomic E-state index is 12.7. The zero-order valence-electron chi connectivity index (χ0n) is 16.4. The molecule has 2 unspecified atom stereocenters. The van der Waals surface area contributed by atoms with Gasteiger partial charge in [-0.15, -0.1) is 0 Å². The Hall–Kier alpha value is -1.35. The largest absolute Gasteiger partial charge is 0.315 e. The molecule has 1 amide bonds. The predicted octanol–water partition coefficient (Wildman–Crippen LogP) is 4.56. The number of aryl methyl sites for hydroxylation is 2. The second kappa shape index (κ2) is 8.30. The number of fused-ring (bicyclic) bond motifs is 1. The Morgan fingerprint density at radius 3 is 2.47 bits per heavy atom. The molecule has 158 valence electrons. The predicted molar refractivity (Wildman–Crippen MR) is 128 cm³/mol. The van der Waals surface area contributed by atoms with Crippen LogP contribution in [0.4, 0.5) is 5.69 Å². The molecular formula is C21H20BrClN2O3S2. The van der Waals surface area contributed by atoms with Crippen LogP contribution < -0.4 is 4.90 Å². The highest BCUT2D eigenvalue weighted by Crippen LogP contribution is 2.43. The van der Waals surface area contributed by atoms with E-state index in [-0.39, 0.29) is 35.1 Å². The summed E-state index contributed by atoms with van der Waals surface area (Å²) in [5, 5.41) is 1.07. The highest BCUT2D eigenvalue weighted by molar-refractivity contribution is 9.10. The fourth-order valence-electron chi connectivity index (χ4n) is 4.03. The number of benzene rings is 2. The van der Waals surface area contributed by atoms with Crippen LogP contribution >= 0.6 is 39.3 Å². The number of nitrogens with zero attached hydrogens (tertiary/aromatic N) is 2. The van der Waals surface area contributed by atoms with Crippen molar-refractivity contribution in [3.8, 4) is 0 Å². The number of amides is 1. The number of carbonyl (C=O) groups excluding carboxylic acids is 1. The smallest absolute Gasteiger partial charge is 0.252 e. The zero-order chi connectivity index (χ0) is 21.6. The van der Waals surface area contributed by atoms with Gasteiger partial charge in [0, 0.05) is 20.4 Å². The maximum Gasteiger partial charge on any atom is 0.252 e. The molecule has 5 nitrogen and oxygen atoms in total. The third kappa shape index (κ3) is 4.47. The lowest BCUT2D eigenvalue weighted by Crippen LogP contribution is -2.38. The van der Waals surface area contributed by atoms with Crippen LogP contribution in [0.2, 0.25) is 5.02 Å². The zero-order valence-corrected chi connectivity index (χ0v) is 20.4. The number of rotatable bonds is 3. The molecule has 0 saturated carbocycles. The van der Waals surface area contributed by atoms with Crippen LogP contribution in [0, 0.1) is 13.8 Å². The van der Waals surface area contributed by atoms with Crippen molar-refractivity contribution in [3.63, 3.8) is 0 Å². The van der Waals surface area contributed by atoms with E-state index in [0.717, 1.165) is 26.9 Å². The summed E-state index contributed by atoms with van der Waals surface area (Å²) in [6, 6.07) is 10.9. The van der Waals surface area contributed by atoms with Gasteiger partial charge in [-0.1, -0.05) is 51.4 Å². The number of thioether (sulfide) groups is 1. The van der Waals surface area contributed by atoms with Gasteiger partial charge in [0.2, 0.25) is 0 Å². The van der Waals surface area contributed by atoms with Gasteiger partial charge in [0.25, 0.3) is 5.91 Å². The van der Waals surface area contributed by atoms with Gasteiger partial charge in [0.05, 0.1) is 24.0 Å². The number of amidine groups is 1. The Morgan fingerprint density at radius 1 is 1.20 bits per heavy atom. The Balaban J connectivity index is 1.70. The number of sulfone groups is 1. The molecule has 0 bridgehead atoms. The van der Waals surface area contributed by atoms with Gasteiger partial charge in [0.1, 0.15) is 0 Å². The van der Waals surface area contributed by atoms with Crippen molar-refractivity contribution in [1.29, 1.82) is 0 Å². The number of carbonyl (C=O) groups is 1. The normalized spacial score (nSPS) is 23.7. The molecule has 4 rings (SSSR count). The molecule has 30 heavy (non-hydrogen) atoms. The van der Waals surface area contributed by atoms with E-state index in [1.807, 2.05) is 43.0 Å². The molecule has 2 fully saturated rings. The van der Waals surface area contributed by atoms with Gasteiger partial charge < -0.3 is 4.90 Å². The first-order chi connectivity index (χ1) is 14.1. The third-order valence-corrected chi connectivity index (χ3v) is 9.17. The topological polar surface area (TPSA) is 66.8 Å². The van der Waals surface area contributed by atoms with Crippen molar-refractivity contribution < 1.29 is 13.2 Å². The molecule has 9 heteroatoms. The van der Waals surface area contributed by atoms with Crippen LogP contribution in [0.1, 0.15) is 16.7 Å². The summed E-state index contributed by atoms with van der Waals surface area (Å²) in [6.45, 7) is 3.98. The van der Waals surface area contributed by atoms with Crippen molar-refractivity contribution in [2.75, 3.05) is 16.4 Å². The Morgan fingerprint density at radius 2 is 1.83 bits per heavy atom. The summed E-state index contributed by atoms with van der Waals surface area (Å²) in [5.41, 5.74) is 3.77. The van der Waals surface area contributed by atoms with Gasteiger partial charge in [0.15, 0.2) is 15.0 Å². The Kier molecular flexibility index (Phi) is 6.05. The second-order valence-corrected chi connectivity index (χ2v) is 12.4.